The first kappa shape index (κ1) is 13.8. The van der Waals surface area contributed by atoms with Crippen LogP contribution in [-0.2, 0) is 4.79 Å². The van der Waals surface area contributed by atoms with Crippen LogP contribution >= 0.6 is 0 Å². The molecule has 0 saturated heterocycles. The number of hydrogen-bond acceptors (Lipinski definition) is 1. The van der Waals surface area contributed by atoms with Crippen LogP contribution in [0, 0.1) is 5.41 Å². The van der Waals surface area contributed by atoms with E-state index in [4.69, 9.17) is 0 Å². The summed E-state index contributed by atoms with van der Waals surface area (Å²) in [6.07, 6.45) is 7.12. The second-order valence-corrected chi connectivity index (χ2v) is 5.55. The maximum Gasteiger partial charge on any atom is 0.229 e. The second kappa shape index (κ2) is 5.35. The average molecular weight is 233 g/mol. The van der Waals surface area contributed by atoms with Crippen molar-refractivity contribution in [3.05, 3.63) is 35.6 Å². The van der Waals surface area contributed by atoms with Crippen LogP contribution in [-0.4, -0.2) is 5.91 Å². The number of nitrogens with one attached hydrogen (secondary N) is 1. The van der Waals surface area contributed by atoms with E-state index in [1.807, 2.05) is 39.8 Å². The van der Waals surface area contributed by atoms with E-state index in [2.05, 4.69) is 11.9 Å². The minimum Gasteiger partial charge on any atom is -0.325 e. The summed E-state index contributed by atoms with van der Waals surface area (Å²) in [5.74, 6) is 0.0535. The van der Waals surface area contributed by atoms with Gasteiger partial charge < -0.3 is 5.32 Å². The van der Waals surface area contributed by atoms with Gasteiger partial charge in [0.15, 0.2) is 0 Å². The Morgan fingerprint density at radius 2 is 2.00 bits per heavy atom. The Morgan fingerprint density at radius 3 is 2.41 bits per heavy atom. The van der Waals surface area contributed by atoms with E-state index in [1.54, 1.807) is 0 Å². The Hall–Kier alpha value is -1.31. The fraction of sp³-hybridized carbons (Fsp3) is 0.533. The Labute approximate surface area is 104 Å². The van der Waals surface area contributed by atoms with Crippen molar-refractivity contribution < 1.29 is 4.79 Å². The van der Waals surface area contributed by atoms with Gasteiger partial charge >= 0.3 is 0 Å². The Kier molecular flexibility index (Phi) is 4.33. The third-order valence-corrected chi connectivity index (χ3v) is 2.92. The molecule has 0 heterocycles. The van der Waals surface area contributed by atoms with E-state index in [1.165, 1.54) is 5.57 Å². The molecule has 0 unspecified atom stereocenters. The van der Waals surface area contributed by atoms with E-state index < -0.39 is 0 Å². The van der Waals surface area contributed by atoms with Gasteiger partial charge in [-0.2, -0.15) is 0 Å². The van der Waals surface area contributed by atoms with Crippen LogP contribution < -0.4 is 5.32 Å². The summed E-state index contributed by atoms with van der Waals surface area (Å²) in [5.41, 5.74) is 2.93. The summed E-state index contributed by atoms with van der Waals surface area (Å²) in [5, 5.41) is 3.02. The molecule has 1 amide bonds. The normalized spacial score (nSPS) is 19.9. The minimum absolute atomic E-state index is 0.0535. The van der Waals surface area contributed by atoms with Crippen molar-refractivity contribution in [2.75, 3.05) is 0 Å². The standard InChI is InChI=1S/C15H23NO/c1-6-8-13(12-10-7-9-11(12)2)16-14(17)15(3,4)5/h6,8H,2,7,9-10H2,1,3-5H3,(H,16,17)/b8-6-,13-12+. The highest BCUT2D eigenvalue weighted by molar-refractivity contribution is 5.83. The predicted molar refractivity (Wildman–Crippen MR) is 72.4 cm³/mol. The smallest absolute Gasteiger partial charge is 0.229 e. The zero-order valence-electron chi connectivity index (χ0n) is 11.4. The molecule has 1 aliphatic carbocycles. The summed E-state index contributed by atoms with van der Waals surface area (Å²) >= 11 is 0. The van der Waals surface area contributed by atoms with Crippen molar-refractivity contribution in [1.29, 1.82) is 0 Å². The lowest BCUT2D eigenvalue weighted by molar-refractivity contribution is -0.127. The lowest BCUT2D eigenvalue weighted by Crippen LogP contribution is -2.34. The SMILES string of the molecule is C=C1CCC/C1=C(/C=C\C)NC(=O)C(C)(C)C. The number of carbonyl (C=O) groups is 1. The average Bonchev–Trinajstić information content (AvgIpc) is 2.62. The number of allylic oxidation sites excluding steroid dienone is 4. The molecule has 0 atom stereocenters. The minimum atomic E-state index is -0.368. The largest absolute Gasteiger partial charge is 0.325 e. The van der Waals surface area contributed by atoms with Crippen LogP contribution in [0.15, 0.2) is 35.6 Å². The Morgan fingerprint density at radius 1 is 1.35 bits per heavy atom. The van der Waals surface area contributed by atoms with Gasteiger partial charge in [-0.05, 0) is 43.4 Å². The summed E-state index contributed by atoms with van der Waals surface area (Å²) in [6, 6.07) is 0. The predicted octanol–water partition coefficient (Wildman–Crippen LogP) is 3.72. The molecule has 2 nitrogen and oxygen atoms in total. The van der Waals surface area contributed by atoms with Gasteiger partial charge in [0.05, 0.1) is 0 Å². The van der Waals surface area contributed by atoms with Crippen molar-refractivity contribution in [1.82, 2.24) is 5.32 Å². The molecule has 0 spiro atoms. The lowest BCUT2D eigenvalue weighted by atomic mass is 9.95. The molecule has 1 rings (SSSR count). The van der Waals surface area contributed by atoms with E-state index in [0.717, 1.165) is 30.5 Å². The molecule has 17 heavy (non-hydrogen) atoms. The highest BCUT2D eigenvalue weighted by Crippen LogP contribution is 2.31. The van der Waals surface area contributed by atoms with Gasteiger partial charge in [-0.25, -0.2) is 0 Å². The van der Waals surface area contributed by atoms with Gasteiger partial charge in [-0.3, -0.25) is 4.79 Å². The van der Waals surface area contributed by atoms with Gasteiger partial charge in [-0.1, -0.05) is 33.4 Å². The monoisotopic (exact) mass is 233 g/mol. The summed E-state index contributed by atoms with van der Waals surface area (Å²) < 4.78 is 0. The molecular formula is C15H23NO. The number of carbonyl (C=O) groups excluding carboxylic acids is 1. The van der Waals surface area contributed by atoms with Crippen LogP contribution in [0.1, 0.15) is 47.0 Å². The van der Waals surface area contributed by atoms with Gasteiger partial charge in [0.2, 0.25) is 5.91 Å². The highest BCUT2D eigenvalue weighted by atomic mass is 16.2. The fourth-order valence-electron chi connectivity index (χ4n) is 1.83. The van der Waals surface area contributed by atoms with Gasteiger partial charge in [0.25, 0.3) is 0 Å². The molecule has 0 aromatic rings. The third-order valence-electron chi connectivity index (χ3n) is 2.92. The van der Waals surface area contributed by atoms with Crippen molar-refractivity contribution >= 4 is 5.91 Å². The molecule has 94 valence electrons. The summed E-state index contributed by atoms with van der Waals surface area (Å²) in [6.45, 7) is 11.8. The van der Waals surface area contributed by atoms with E-state index >= 15 is 0 Å². The maximum atomic E-state index is 12.0. The Balaban J connectivity index is 2.96. The first-order chi connectivity index (χ1) is 7.86. The number of amides is 1. The van der Waals surface area contributed by atoms with Crippen LogP contribution in [0.25, 0.3) is 0 Å². The van der Waals surface area contributed by atoms with Gasteiger partial charge in [0.1, 0.15) is 0 Å². The molecule has 1 N–H and O–H groups in total. The topological polar surface area (TPSA) is 29.1 Å². The molecule has 0 aromatic heterocycles. The second-order valence-electron chi connectivity index (χ2n) is 5.55. The van der Waals surface area contributed by atoms with Crippen molar-refractivity contribution in [3.8, 4) is 0 Å². The molecular weight excluding hydrogens is 210 g/mol. The van der Waals surface area contributed by atoms with Crippen LogP contribution in [0.2, 0.25) is 0 Å². The molecule has 0 bridgehead atoms. The fourth-order valence-corrected chi connectivity index (χ4v) is 1.83. The first-order valence-electron chi connectivity index (χ1n) is 6.21. The molecule has 1 saturated carbocycles. The first-order valence-corrected chi connectivity index (χ1v) is 6.21. The molecule has 1 fully saturated rings. The summed E-state index contributed by atoms with van der Waals surface area (Å²) in [4.78, 5) is 12.0. The van der Waals surface area contributed by atoms with Gasteiger partial charge in [0, 0.05) is 11.1 Å². The zero-order chi connectivity index (χ0) is 13.1. The molecule has 1 aliphatic rings. The lowest BCUT2D eigenvalue weighted by Gasteiger charge is -2.19. The number of rotatable bonds is 2. The van der Waals surface area contributed by atoms with Crippen LogP contribution in [0.3, 0.4) is 0 Å². The number of hydrogen-bond donors (Lipinski definition) is 1. The molecule has 0 radical (unpaired) electrons. The van der Waals surface area contributed by atoms with E-state index in [9.17, 15) is 4.79 Å². The van der Waals surface area contributed by atoms with Crippen LogP contribution in [0.4, 0.5) is 0 Å². The quantitative estimate of drug-likeness (QED) is 0.773. The summed E-state index contributed by atoms with van der Waals surface area (Å²) in [7, 11) is 0. The zero-order valence-corrected chi connectivity index (χ0v) is 11.4. The van der Waals surface area contributed by atoms with Gasteiger partial charge in [-0.15, -0.1) is 0 Å². The molecule has 2 heteroatoms. The molecule has 0 aromatic carbocycles. The van der Waals surface area contributed by atoms with Crippen molar-refractivity contribution in [2.45, 2.75) is 47.0 Å². The Bertz CT molecular complexity index is 380. The van der Waals surface area contributed by atoms with Crippen molar-refractivity contribution in [2.24, 2.45) is 5.41 Å². The van der Waals surface area contributed by atoms with Crippen LogP contribution in [0.5, 0.6) is 0 Å². The van der Waals surface area contributed by atoms with Crippen molar-refractivity contribution in [3.63, 3.8) is 0 Å². The van der Waals surface area contributed by atoms with E-state index in [-0.39, 0.29) is 11.3 Å². The van der Waals surface area contributed by atoms with E-state index in [0.29, 0.717) is 0 Å². The maximum absolute atomic E-state index is 12.0. The molecule has 0 aliphatic heterocycles. The third kappa shape index (κ3) is 3.58. The highest BCUT2D eigenvalue weighted by Gasteiger charge is 2.23.